The molecule has 0 fully saturated rings. The van der Waals surface area contributed by atoms with E-state index in [0.717, 1.165) is 6.07 Å². The van der Waals surface area contributed by atoms with Crippen LogP contribution in [0.1, 0.15) is 31.1 Å². The Balaban J connectivity index is 2.98. The van der Waals surface area contributed by atoms with Gasteiger partial charge < -0.3 is 16.2 Å². The molecular formula is C12H19N3O3. The molecule has 18 heavy (non-hydrogen) atoms. The van der Waals surface area contributed by atoms with Crippen molar-refractivity contribution < 1.29 is 9.90 Å². The molecule has 0 bridgehead atoms. The number of rotatable bonds is 4. The molecule has 6 nitrogen and oxygen atoms in total. The van der Waals surface area contributed by atoms with Gasteiger partial charge in [0.05, 0.1) is 11.1 Å². The standard InChI is InChI=1S/C12H19N3O3/c1-7(2)12(3,6-13)15-11(18)8-4-9(16)14-10(17)5-8/h4-5,7H,6,13H2,1-3H3,(H,15,18)(H2,14,16,17). The molecule has 1 aromatic heterocycles. The number of aromatic amines is 1. The fraction of sp³-hybridized carbons (Fsp3) is 0.500. The van der Waals surface area contributed by atoms with E-state index in [1.54, 1.807) is 0 Å². The van der Waals surface area contributed by atoms with Gasteiger partial charge in [-0.1, -0.05) is 13.8 Å². The molecule has 6 heteroatoms. The van der Waals surface area contributed by atoms with E-state index in [1.165, 1.54) is 6.07 Å². The molecule has 0 aromatic carbocycles. The van der Waals surface area contributed by atoms with Gasteiger partial charge in [-0.25, -0.2) is 0 Å². The Morgan fingerprint density at radius 1 is 1.56 bits per heavy atom. The Labute approximate surface area is 105 Å². The number of carbonyl (C=O) groups is 1. The van der Waals surface area contributed by atoms with Crippen LogP contribution < -0.4 is 16.6 Å². The van der Waals surface area contributed by atoms with E-state index >= 15 is 0 Å². The molecule has 0 saturated carbocycles. The molecule has 0 aliphatic carbocycles. The van der Waals surface area contributed by atoms with Crippen LogP contribution in [0.25, 0.3) is 0 Å². The van der Waals surface area contributed by atoms with Gasteiger partial charge in [0.1, 0.15) is 0 Å². The summed E-state index contributed by atoms with van der Waals surface area (Å²) in [5.74, 6) is -0.633. The number of aromatic hydroxyl groups is 1. The summed E-state index contributed by atoms with van der Waals surface area (Å²) in [5.41, 5.74) is 4.68. The second-order valence-electron chi connectivity index (χ2n) is 4.85. The van der Waals surface area contributed by atoms with Crippen LogP contribution >= 0.6 is 0 Å². The van der Waals surface area contributed by atoms with Crippen molar-refractivity contribution in [3.05, 3.63) is 28.0 Å². The summed E-state index contributed by atoms with van der Waals surface area (Å²) in [5, 5.41) is 12.0. The number of aromatic nitrogens is 1. The predicted molar refractivity (Wildman–Crippen MR) is 68.5 cm³/mol. The van der Waals surface area contributed by atoms with Crippen LogP contribution in [0.5, 0.6) is 5.88 Å². The zero-order valence-electron chi connectivity index (χ0n) is 10.8. The highest BCUT2D eigenvalue weighted by Gasteiger charge is 2.29. The first-order valence-corrected chi connectivity index (χ1v) is 5.74. The zero-order chi connectivity index (χ0) is 13.9. The van der Waals surface area contributed by atoms with Gasteiger partial charge in [0.25, 0.3) is 11.5 Å². The maximum absolute atomic E-state index is 12.0. The van der Waals surface area contributed by atoms with Gasteiger partial charge in [0.15, 0.2) is 5.88 Å². The van der Waals surface area contributed by atoms with Crippen molar-refractivity contribution in [1.82, 2.24) is 10.3 Å². The van der Waals surface area contributed by atoms with Crippen LogP contribution in [0.2, 0.25) is 0 Å². The summed E-state index contributed by atoms with van der Waals surface area (Å²) >= 11 is 0. The first-order chi connectivity index (χ1) is 8.28. The van der Waals surface area contributed by atoms with Crippen LogP contribution in [0, 0.1) is 5.92 Å². The SMILES string of the molecule is CC(C)C(C)(CN)NC(=O)c1cc(O)[nH]c(=O)c1. The molecule has 5 N–H and O–H groups in total. The Hall–Kier alpha value is -1.82. The van der Waals surface area contributed by atoms with E-state index in [4.69, 9.17) is 5.73 Å². The molecule has 100 valence electrons. The van der Waals surface area contributed by atoms with E-state index in [9.17, 15) is 14.7 Å². The van der Waals surface area contributed by atoms with Crippen LogP contribution in [-0.2, 0) is 0 Å². The van der Waals surface area contributed by atoms with E-state index in [1.807, 2.05) is 20.8 Å². The summed E-state index contributed by atoms with van der Waals surface area (Å²) in [6, 6.07) is 2.33. The van der Waals surface area contributed by atoms with Crippen molar-refractivity contribution >= 4 is 5.91 Å². The lowest BCUT2D eigenvalue weighted by Gasteiger charge is -2.33. The van der Waals surface area contributed by atoms with Gasteiger partial charge in [0.2, 0.25) is 0 Å². The molecule has 1 heterocycles. The monoisotopic (exact) mass is 253 g/mol. The van der Waals surface area contributed by atoms with Crippen molar-refractivity contribution in [2.45, 2.75) is 26.3 Å². The van der Waals surface area contributed by atoms with Crippen molar-refractivity contribution in [3.8, 4) is 5.88 Å². The molecule has 0 saturated heterocycles. The fourth-order valence-corrected chi connectivity index (χ4v) is 1.42. The molecule has 1 unspecified atom stereocenters. The Kier molecular flexibility index (Phi) is 4.13. The quantitative estimate of drug-likeness (QED) is 0.614. The minimum atomic E-state index is -0.560. The number of carbonyl (C=O) groups excluding carboxylic acids is 1. The zero-order valence-corrected chi connectivity index (χ0v) is 10.8. The highest BCUT2D eigenvalue weighted by molar-refractivity contribution is 5.94. The van der Waals surface area contributed by atoms with Gasteiger partial charge in [0, 0.05) is 18.7 Å². The third kappa shape index (κ3) is 3.10. The smallest absolute Gasteiger partial charge is 0.252 e. The lowest BCUT2D eigenvalue weighted by molar-refractivity contribution is 0.0882. The first kappa shape index (κ1) is 14.2. The summed E-state index contributed by atoms with van der Waals surface area (Å²) in [6.45, 7) is 6.01. The van der Waals surface area contributed by atoms with Crippen molar-refractivity contribution in [2.75, 3.05) is 6.54 Å². The number of hydrogen-bond acceptors (Lipinski definition) is 4. The van der Waals surface area contributed by atoms with E-state index in [-0.39, 0.29) is 23.9 Å². The lowest BCUT2D eigenvalue weighted by atomic mass is 9.88. The number of hydrogen-bond donors (Lipinski definition) is 4. The molecule has 0 spiro atoms. The number of amides is 1. The van der Waals surface area contributed by atoms with Gasteiger partial charge in [-0.05, 0) is 12.8 Å². The van der Waals surface area contributed by atoms with Gasteiger partial charge in [-0.2, -0.15) is 0 Å². The fourth-order valence-electron chi connectivity index (χ4n) is 1.42. The van der Waals surface area contributed by atoms with Gasteiger partial charge in [-0.15, -0.1) is 0 Å². The second-order valence-corrected chi connectivity index (χ2v) is 4.85. The maximum atomic E-state index is 12.0. The van der Waals surface area contributed by atoms with E-state index < -0.39 is 17.0 Å². The number of nitrogens with one attached hydrogen (secondary N) is 2. The van der Waals surface area contributed by atoms with Crippen LogP contribution in [-0.4, -0.2) is 28.1 Å². The summed E-state index contributed by atoms with van der Waals surface area (Å²) in [4.78, 5) is 25.3. The summed E-state index contributed by atoms with van der Waals surface area (Å²) in [7, 11) is 0. The number of pyridine rings is 1. The van der Waals surface area contributed by atoms with Gasteiger partial charge in [-0.3, -0.25) is 14.6 Å². The van der Waals surface area contributed by atoms with Crippen molar-refractivity contribution in [3.63, 3.8) is 0 Å². The molecule has 0 radical (unpaired) electrons. The predicted octanol–water partition coefficient (Wildman–Crippen LogP) is 0.184. The molecular weight excluding hydrogens is 234 g/mol. The van der Waals surface area contributed by atoms with Crippen LogP contribution in [0.3, 0.4) is 0 Å². The molecule has 0 aliphatic heterocycles. The Morgan fingerprint density at radius 2 is 2.17 bits per heavy atom. The summed E-state index contributed by atoms with van der Waals surface area (Å²) in [6.07, 6.45) is 0. The molecule has 1 aromatic rings. The van der Waals surface area contributed by atoms with Crippen LogP contribution in [0.15, 0.2) is 16.9 Å². The van der Waals surface area contributed by atoms with Crippen molar-refractivity contribution in [1.29, 1.82) is 0 Å². The summed E-state index contributed by atoms with van der Waals surface area (Å²) < 4.78 is 0. The highest BCUT2D eigenvalue weighted by Crippen LogP contribution is 2.16. The minimum absolute atomic E-state index is 0.108. The average Bonchev–Trinajstić information content (AvgIpc) is 2.27. The normalized spacial score (nSPS) is 14.3. The van der Waals surface area contributed by atoms with E-state index in [0.29, 0.717) is 0 Å². The third-order valence-corrected chi connectivity index (χ3v) is 3.19. The molecule has 1 amide bonds. The topological polar surface area (TPSA) is 108 Å². The number of nitrogens with two attached hydrogens (primary N) is 1. The van der Waals surface area contributed by atoms with E-state index in [2.05, 4.69) is 10.3 Å². The van der Waals surface area contributed by atoms with Crippen molar-refractivity contribution in [2.24, 2.45) is 11.7 Å². The largest absolute Gasteiger partial charge is 0.494 e. The Morgan fingerprint density at radius 3 is 2.61 bits per heavy atom. The average molecular weight is 253 g/mol. The minimum Gasteiger partial charge on any atom is -0.494 e. The second kappa shape index (κ2) is 5.22. The Bertz CT molecular complexity index is 496. The third-order valence-electron chi connectivity index (χ3n) is 3.19. The van der Waals surface area contributed by atoms with Gasteiger partial charge >= 0.3 is 0 Å². The molecule has 1 rings (SSSR count). The first-order valence-electron chi connectivity index (χ1n) is 5.74. The lowest BCUT2D eigenvalue weighted by Crippen LogP contribution is -2.55. The van der Waals surface area contributed by atoms with Crippen LogP contribution in [0.4, 0.5) is 0 Å². The highest BCUT2D eigenvalue weighted by atomic mass is 16.3. The maximum Gasteiger partial charge on any atom is 0.252 e. The molecule has 1 atom stereocenters. The number of H-pyrrole nitrogens is 1. The molecule has 0 aliphatic rings.